The van der Waals surface area contributed by atoms with Gasteiger partial charge in [0.2, 0.25) is 15.8 Å². The minimum absolute atomic E-state index is 0.294. The minimum Gasteiger partial charge on any atom is -0.382 e. The van der Waals surface area contributed by atoms with E-state index in [9.17, 15) is 4.79 Å². The molecular formula is C18H22Cl4N4O3. The van der Waals surface area contributed by atoms with Crippen molar-refractivity contribution in [1.29, 1.82) is 0 Å². The summed E-state index contributed by atoms with van der Waals surface area (Å²) in [5.74, 6) is 0.559. The van der Waals surface area contributed by atoms with Gasteiger partial charge in [0.1, 0.15) is 0 Å². The molecule has 0 amide bonds. The predicted octanol–water partition coefficient (Wildman–Crippen LogP) is 5.01. The number of halogens is 4. The third-order valence-corrected chi connectivity index (χ3v) is 3.08. The Kier molecular flexibility index (Phi) is 17.6. The average Bonchev–Trinajstić information content (AvgIpc) is 3.07. The molecule has 2 heterocycles. The van der Waals surface area contributed by atoms with Crippen LogP contribution in [0.4, 0.5) is 0 Å². The number of para-hydroxylation sites is 2. The number of rotatable bonds is 5. The fourth-order valence-corrected chi connectivity index (χ4v) is 1.92. The molecule has 3 aromatic rings. The normalized spacial score (nSPS) is 9.31. The van der Waals surface area contributed by atoms with E-state index in [1.54, 1.807) is 25.6 Å². The lowest BCUT2D eigenvalue weighted by Gasteiger charge is -1.97. The van der Waals surface area contributed by atoms with Crippen LogP contribution >= 0.6 is 46.4 Å². The van der Waals surface area contributed by atoms with E-state index in [0.29, 0.717) is 36.3 Å². The molecule has 0 aliphatic heterocycles. The number of alkyl halides is 1. The maximum atomic E-state index is 9.21. The van der Waals surface area contributed by atoms with Gasteiger partial charge in [0.15, 0.2) is 0 Å². The standard InChI is InChI=1S/C7H5ClN2.C5H11ClO2.C4H3ClN2.C2H3ClO/c8-7-9-5-3-1-2-4-6(5)10-7;1-7-4-5-8-3-2-6;5-4-6-2-1-3-7-4;1-2(3)4/h1-4H,(H,9,10);2-5H2,1H3;1-3H;1H3. The van der Waals surface area contributed by atoms with E-state index in [0.717, 1.165) is 11.0 Å². The van der Waals surface area contributed by atoms with E-state index in [2.05, 4.69) is 31.5 Å². The van der Waals surface area contributed by atoms with Gasteiger partial charge in [-0.2, -0.15) is 0 Å². The average molecular weight is 484 g/mol. The number of ether oxygens (including phenoxy) is 2. The number of nitrogens with one attached hydrogen (secondary N) is 1. The van der Waals surface area contributed by atoms with Crippen LogP contribution in [0.3, 0.4) is 0 Å². The maximum absolute atomic E-state index is 9.21. The van der Waals surface area contributed by atoms with Crippen LogP contribution in [0.5, 0.6) is 0 Å². The first-order valence-corrected chi connectivity index (χ1v) is 9.89. The topological polar surface area (TPSA) is 90.0 Å². The highest BCUT2D eigenvalue weighted by atomic mass is 35.5. The Labute approximate surface area is 189 Å². The molecule has 1 N–H and O–H groups in total. The zero-order valence-electron chi connectivity index (χ0n) is 15.9. The second-order valence-corrected chi connectivity index (χ2v) is 6.43. The van der Waals surface area contributed by atoms with E-state index >= 15 is 0 Å². The molecule has 7 nitrogen and oxygen atoms in total. The SMILES string of the molecule is CC(=O)Cl.COCCOCCCl.Clc1nc2ccccc2[nH]1.Clc1ncccn1. The van der Waals surface area contributed by atoms with Crippen LogP contribution in [0.2, 0.25) is 10.6 Å². The fraction of sp³-hybridized carbons (Fsp3) is 0.333. The summed E-state index contributed by atoms with van der Waals surface area (Å²) in [7, 11) is 1.64. The van der Waals surface area contributed by atoms with Crippen molar-refractivity contribution in [2.75, 3.05) is 32.8 Å². The Morgan fingerprint density at radius 1 is 1.07 bits per heavy atom. The number of H-pyrrole nitrogens is 1. The van der Waals surface area contributed by atoms with E-state index in [1.165, 1.54) is 6.92 Å². The molecule has 2 aromatic heterocycles. The molecular weight excluding hydrogens is 462 g/mol. The van der Waals surface area contributed by atoms with Crippen molar-refractivity contribution in [3.05, 3.63) is 53.3 Å². The lowest BCUT2D eigenvalue weighted by molar-refractivity contribution is -0.109. The number of nitrogens with zero attached hydrogens (tertiary/aromatic N) is 3. The van der Waals surface area contributed by atoms with Crippen molar-refractivity contribution in [3.8, 4) is 0 Å². The Morgan fingerprint density at radius 3 is 2.17 bits per heavy atom. The third kappa shape index (κ3) is 17.1. The molecule has 0 aliphatic rings. The predicted molar refractivity (Wildman–Crippen MR) is 118 cm³/mol. The van der Waals surface area contributed by atoms with Gasteiger partial charge in [-0.15, -0.1) is 11.6 Å². The number of aromatic amines is 1. The Bertz CT molecular complexity index is 748. The molecule has 0 saturated carbocycles. The second-order valence-electron chi connectivity index (χ2n) is 4.83. The Morgan fingerprint density at radius 2 is 1.69 bits per heavy atom. The third-order valence-electron chi connectivity index (χ3n) is 2.55. The van der Waals surface area contributed by atoms with Crippen molar-refractivity contribution in [3.63, 3.8) is 0 Å². The summed E-state index contributed by atoms with van der Waals surface area (Å²) < 4.78 is 9.69. The molecule has 29 heavy (non-hydrogen) atoms. The Hall–Kier alpha value is -1.48. The van der Waals surface area contributed by atoms with E-state index < -0.39 is 0 Å². The quantitative estimate of drug-likeness (QED) is 0.237. The summed E-state index contributed by atoms with van der Waals surface area (Å²) >= 11 is 20.9. The number of hydrogen-bond acceptors (Lipinski definition) is 6. The number of aromatic nitrogens is 4. The lowest BCUT2D eigenvalue weighted by atomic mass is 10.3. The number of benzene rings is 1. The summed E-state index contributed by atoms with van der Waals surface area (Å²) in [4.78, 5) is 23.4. The fourth-order valence-electron chi connectivity index (χ4n) is 1.50. The summed E-state index contributed by atoms with van der Waals surface area (Å²) in [5, 5.41) is 0.378. The zero-order chi connectivity index (χ0) is 21.9. The van der Waals surface area contributed by atoms with Crippen molar-refractivity contribution in [2.45, 2.75) is 6.92 Å². The molecule has 11 heteroatoms. The van der Waals surface area contributed by atoms with Crippen molar-refractivity contribution in [1.82, 2.24) is 19.9 Å². The van der Waals surface area contributed by atoms with Crippen LogP contribution in [0, 0.1) is 0 Å². The summed E-state index contributed by atoms with van der Waals surface area (Å²) in [6.07, 6.45) is 3.19. The van der Waals surface area contributed by atoms with Crippen molar-refractivity contribution < 1.29 is 14.3 Å². The highest BCUT2D eigenvalue weighted by Crippen LogP contribution is 2.12. The minimum atomic E-state index is -0.361. The number of hydrogen-bond donors (Lipinski definition) is 1. The van der Waals surface area contributed by atoms with Gasteiger partial charge in [0.05, 0.1) is 30.9 Å². The van der Waals surface area contributed by atoms with Gasteiger partial charge in [0.25, 0.3) is 0 Å². The highest BCUT2D eigenvalue weighted by molar-refractivity contribution is 6.62. The van der Waals surface area contributed by atoms with E-state index in [4.69, 9.17) is 44.3 Å². The summed E-state index contributed by atoms with van der Waals surface area (Å²) in [6, 6.07) is 9.44. The van der Waals surface area contributed by atoms with Crippen molar-refractivity contribution in [2.24, 2.45) is 0 Å². The number of imidazole rings is 1. The molecule has 0 saturated heterocycles. The molecule has 0 radical (unpaired) electrons. The first-order valence-electron chi connectivity index (χ1n) is 8.22. The first kappa shape index (κ1) is 27.5. The first-order chi connectivity index (χ1) is 13.9. The zero-order valence-corrected chi connectivity index (χ0v) is 19.0. The van der Waals surface area contributed by atoms with Gasteiger partial charge in [-0.25, -0.2) is 15.0 Å². The van der Waals surface area contributed by atoms with Crippen LogP contribution in [-0.4, -0.2) is 58.0 Å². The molecule has 0 spiro atoms. The van der Waals surface area contributed by atoms with E-state index in [1.807, 2.05) is 24.3 Å². The molecule has 0 aliphatic carbocycles. The number of methoxy groups -OCH3 is 1. The largest absolute Gasteiger partial charge is 0.382 e. The van der Waals surface area contributed by atoms with Crippen LogP contribution in [0.25, 0.3) is 11.0 Å². The van der Waals surface area contributed by atoms with Gasteiger partial charge in [-0.3, -0.25) is 4.79 Å². The van der Waals surface area contributed by atoms with Crippen LogP contribution in [0.15, 0.2) is 42.7 Å². The molecule has 160 valence electrons. The van der Waals surface area contributed by atoms with Crippen molar-refractivity contribution >= 4 is 62.7 Å². The highest BCUT2D eigenvalue weighted by Gasteiger charge is 1.95. The molecule has 3 rings (SSSR count). The summed E-state index contributed by atoms with van der Waals surface area (Å²) in [6.45, 7) is 3.20. The monoisotopic (exact) mass is 482 g/mol. The van der Waals surface area contributed by atoms with Crippen LogP contribution in [-0.2, 0) is 14.3 Å². The van der Waals surface area contributed by atoms with E-state index in [-0.39, 0.29) is 5.24 Å². The molecule has 0 atom stereocenters. The smallest absolute Gasteiger partial charge is 0.222 e. The number of fused-ring (bicyclic) bond motifs is 1. The number of carbonyl (C=O) groups is 1. The lowest BCUT2D eigenvalue weighted by Crippen LogP contribution is -2.03. The van der Waals surface area contributed by atoms with Gasteiger partial charge in [-0.05, 0) is 53.0 Å². The van der Waals surface area contributed by atoms with Crippen LogP contribution < -0.4 is 0 Å². The maximum Gasteiger partial charge on any atom is 0.222 e. The van der Waals surface area contributed by atoms with Gasteiger partial charge in [0, 0.05) is 32.3 Å². The van der Waals surface area contributed by atoms with Gasteiger partial charge in [-0.1, -0.05) is 12.1 Å². The van der Waals surface area contributed by atoms with Gasteiger partial charge < -0.3 is 14.5 Å². The molecule has 1 aromatic carbocycles. The molecule has 0 bridgehead atoms. The second kappa shape index (κ2) is 18.5. The van der Waals surface area contributed by atoms with Crippen LogP contribution in [0.1, 0.15) is 6.92 Å². The number of carbonyl (C=O) groups excluding carboxylic acids is 1. The molecule has 0 unspecified atom stereocenters. The van der Waals surface area contributed by atoms with Gasteiger partial charge >= 0.3 is 0 Å². The summed E-state index contributed by atoms with van der Waals surface area (Å²) in [5.41, 5.74) is 1.89. The Balaban J connectivity index is 0.000000378. The molecule has 0 fully saturated rings.